The topological polar surface area (TPSA) is 9.23 Å². The van der Waals surface area contributed by atoms with Gasteiger partial charge in [-0.05, 0) is 30.4 Å². The average Bonchev–Trinajstić information content (AvgIpc) is 2.34. The van der Waals surface area contributed by atoms with Crippen LogP contribution < -0.4 is 4.74 Å². The minimum atomic E-state index is 0.545. The molecular formula is C15H20O. The van der Waals surface area contributed by atoms with Crippen LogP contribution in [0.25, 0.3) is 0 Å². The number of para-hydroxylation sites is 1. The SMILES string of the molecule is C#CCCCOc1ccccc1C(C)CC. The highest BCUT2D eigenvalue weighted by atomic mass is 16.5. The van der Waals surface area contributed by atoms with Crippen LogP contribution in [0.3, 0.4) is 0 Å². The quantitative estimate of drug-likeness (QED) is 0.516. The summed E-state index contributed by atoms with van der Waals surface area (Å²) in [6.45, 7) is 5.13. The molecule has 1 rings (SSSR count). The number of rotatable bonds is 6. The molecule has 0 saturated heterocycles. The molecule has 1 aromatic carbocycles. The molecular weight excluding hydrogens is 196 g/mol. The normalized spacial score (nSPS) is 11.8. The van der Waals surface area contributed by atoms with E-state index < -0.39 is 0 Å². The van der Waals surface area contributed by atoms with Gasteiger partial charge in [0.15, 0.2) is 0 Å². The Morgan fingerprint density at radius 3 is 2.81 bits per heavy atom. The summed E-state index contributed by atoms with van der Waals surface area (Å²) in [7, 11) is 0. The number of benzene rings is 1. The van der Waals surface area contributed by atoms with Gasteiger partial charge in [0.2, 0.25) is 0 Å². The van der Waals surface area contributed by atoms with Crippen molar-refractivity contribution in [3.8, 4) is 18.1 Å². The van der Waals surface area contributed by atoms with Crippen molar-refractivity contribution in [3.63, 3.8) is 0 Å². The molecule has 0 fully saturated rings. The highest BCUT2D eigenvalue weighted by Crippen LogP contribution is 2.28. The molecule has 1 heteroatoms. The first-order chi connectivity index (χ1) is 7.79. The second kappa shape index (κ2) is 6.95. The number of hydrogen-bond donors (Lipinski definition) is 0. The lowest BCUT2D eigenvalue weighted by atomic mass is 9.98. The minimum Gasteiger partial charge on any atom is -0.493 e. The maximum atomic E-state index is 5.77. The van der Waals surface area contributed by atoms with Crippen molar-refractivity contribution in [1.82, 2.24) is 0 Å². The average molecular weight is 216 g/mol. The molecule has 16 heavy (non-hydrogen) atoms. The van der Waals surface area contributed by atoms with E-state index in [-0.39, 0.29) is 0 Å². The van der Waals surface area contributed by atoms with Crippen LogP contribution >= 0.6 is 0 Å². The van der Waals surface area contributed by atoms with Gasteiger partial charge in [0.25, 0.3) is 0 Å². The van der Waals surface area contributed by atoms with E-state index >= 15 is 0 Å². The van der Waals surface area contributed by atoms with E-state index in [0.717, 1.165) is 25.0 Å². The van der Waals surface area contributed by atoms with Crippen LogP contribution in [0, 0.1) is 12.3 Å². The number of terminal acetylenes is 1. The maximum absolute atomic E-state index is 5.77. The molecule has 1 nitrogen and oxygen atoms in total. The van der Waals surface area contributed by atoms with Crippen LogP contribution in [-0.4, -0.2) is 6.61 Å². The van der Waals surface area contributed by atoms with Gasteiger partial charge < -0.3 is 4.74 Å². The first-order valence-electron chi connectivity index (χ1n) is 5.94. The second-order valence-corrected chi connectivity index (χ2v) is 4.00. The third-order valence-corrected chi connectivity index (χ3v) is 2.79. The summed E-state index contributed by atoms with van der Waals surface area (Å²) in [6, 6.07) is 8.26. The van der Waals surface area contributed by atoms with Crippen molar-refractivity contribution >= 4 is 0 Å². The molecule has 1 aromatic rings. The molecule has 86 valence electrons. The van der Waals surface area contributed by atoms with E-state index in [4.69, 9.17) is 11.2 Å². The van der Waals surface area contributed by atoms with Crippen LogP contribution in [-0.2, 0) is 0 Å². The van der Waals surface area contributed by atoms with Crippen LogP contribution in [0.15, 0.2) is 24.3 Å². The van der Waals surface area contributed by atoms with Gasteiger partial charge in [-0.2, -0.15) is 0 Å². The van der Waals surface area contributed by atoms with Gasteiger partial charge in [-0.1, -0.05) is 32.0 Å². The molecule has 0 aliphatic rings. The van der Waals surface area contributed by atoms with E-state index in [1.807, 2.05) is 12.1 Å². The fourth-order valence-electron chi connectivity index (χ4n) is 1.60. The second-order valence-electron chi connectivity index (χ2n) is 4.00. The molecule has 1 unspecified atom stereocenters. The molecule has 0 aliphatic heterocycles. The van der Waals surface area contributed by atoms with Gasteiger partial charge in [-0.15, -0.1) is 12.3 Å². The zero-order valence-corrected chi connectivity index (χ0v) is 10.2. The lowest BCUT2D eigenvalue weighted by Gasteiger charge is -2.15. The number of ether oxygens (including phenoxy) is 1. The first-order valence-corrected chi connectivity index (χ1v) is 5.94. The summed E-state index contributed by atoms with van der Waals surface area (Å²) in [6.07, 6.45) is 8.04. The smallest absolute Gasteiger partial charge is 0.122 e. The summed E-state index contributed by atoms with van der Waals surface area (Å²) in [5, 5.41) is 0. The molecule has 0 bridgehead atoms. The molecule has 0 N–H and O–H groups in total. The van der Waals surface area contributed by atoms with Gasteiger partial charge in [0, 0.05) is 6.42 Å². The Morgan fingerprint density at radius 1 is 1.38 bits per heavy atom. The van der Waals surface area contributed by atoms with E-state index in [0.29, 0.717) is 12.5 Å². The first kappa shape index (κ1) is 12.6. The van der Waals surface area contributed by atoms with Crippen LogP contribution in [0.5, 0.6) is 5.75 Å². The standard InChI is InChI=1S/C15H20O/c1-4-6-9-12-16-15-11-8-7-10-14(15)13(3)5-2/h1,7-8,10-11,13H,5-6,9,12H2,2-3H3. The third kappa shape index (κ3) is 3.62. The molecule has 0 spiro atoms. The highest BCUT2D eigenvalue weighted by molar-refractivity contribution is 5.35. The van der Waals surface area contributed by atoms with Crippen LogP contribution in [0.1, 0.15) is 44.6 Å². The van der Waals surface area contributed by atoms with Crippen molar-refractivity contribution in [3.05, 3.63) is 29.8 Å². The largest absolute Gasteiger partial charge is 0.493 e. The monoisotopic (exact) mass is 216 g/mol. The van der Waals surface area contributed by atoms with Crippen molar-refractivity contribution in [1.29, 1.82) is 0 Å². The lowest BCUT2D eigenvalue weighted by Crippen LogP contribution is -2.01. The Kier molecular flexibility index (Phi) is 5.50. The van der Waals surface area contributed by atoms with E-state index in [2.05, 4.69) is 31.9 Å². The Morgan fingerprint density at radius 2 is 2.12 bits per heavy atom. The Balaban J connectivity index is 2.61. The van der Waals surface area contributed by atoms with Gasteiger partial charge in [0.05, 0.1) is 6.61 Å². The summed E-state index contributed by atoms with van der Waals surface area (Å²) in [4.78, 5) is 0. The Bertz CT molecular complexity index is 349. The molecule has 0 heterocycles. The predicted molar refractivity (Wildman–Crippen MR) is 68.7 cm³/mol. The summed E-state index contributed by atoms with van der Waals surface area (Å²) >= 11 is 0. The number of unbranched alkanes of at least 4 members (excludes halogenated alkanes) is 1. The minimum absolute atomic E-state index is 0.545. The third-order valence-electron chi connectivity index (χ3n) is 2.79. The predicted octanol–water partition coefficient (Wildman–Crippen LogP) is 3.99. The zero-order valence-electron chi connectivity index (χ0n) is 10.2. The Hall–Kier alpha value is -1.42. The van der Waals surface area contributed by atoms with Crippen molar-refractivity contribution in [2.24, 2.45) is 0 Å². The van der Waals surface area contributed by atoms with Gasteiger partial charge >= 0.3 is 0 Å². The van der Waals surface area contributed by atoms with Gasteiger partial charge in [0.1, 0.15) is 5.75 Å². The van der Waals surface area contributed by atoms with Crippen molar-refractivity contribution in [2.75, 3.05) is 6.61 Å². The maximum Gasteiger partial charge on any atom is 0.122 e. The molecule has 1 atom stereocenters. The van der Waals surface area contributed by atoms with Crippen molar-refractivity contribution < 1.29 is 4.74 Å². The fourth-order valence-corrected chi connectivity index (χ4v) is 1.60. The Labute approximate surface area is 98.8 Å². The van der Waals surface area contributed by atoms with E-state index in [1.54, 1.807) is 0 Å². The fraction of sp³-hybridized carbons (Fsp3) is 0.467. The molecule has 0 saturated carbocycles. The van der Waals surface area contributed by atoms with Gasteiger partial charge in [-0.25, -0.2) is 0 Å². The van der Waals surface area contributed by atoms with Crippen LogP contribution in [0.4, 0.5) is 0 Å². The highest BCUT2D eigenvalue weighted by Gasteiger charge is 2.08. The summed E-state index contributed by atoms with van der Waals surface area (Å²) in [5.74, 6) is 4.18. The lowest BCUT2D eigenvalue weighted by molar-refractivity contribution is 0.308. The zero-order chi connectivity index (χ0) is 11.8. The van der Waals surface area contributed by atoms with Crippen LogP contribution in [0.2, 0.25) is 0 Å². The molecule has 0 aromatic heterocycles. The molecule has 0 amide bonds. The molecule has 0 radical (unpaired) electrons. The van der Waals surface area contributed by atoms with Crippen molar-refractivity contribution in [2.45, 2.75) is 39.0 Å². The van der Waals surface area contributed by atoms with E-state index in [9.17, 15) is 0 Å². The summed E-state index contributed by atoms with van der Waals surface area (Å²) in [5.41, 5.74) is 1.30. The molecule has 0 aliphatic carbocycles. The van der Waals surface area contributed by atoms with Gasteiger partial charge in [-0.3, -0.25) is 0 Å². The summed E-state index contributed by atoms with van der Waals surface area (Å²) < 4.78 is 5.77. The van der Waals surface area contributed by atoms with E-state index in [1.165, 1.54) is 5.56 Å². The number of hydrogen-bond acceptors (Lipinski definition) is 1.